The van der Waals surface area contributed by atoms with Gasteiger partial charge in [0.15, 0.2) is 0 Å². The van der Waals surface area contributed by atoms with Gasteiger partial charge < -0.3 is 9.42 Å². The molecule has 1 aromatic heterocycles. The van der Waals surface area contributed by atoms with Gasteiger partial charge in [-0.25, -0.2) is 0 Å². The van der Waals surface area contributed by atoms with Crippen molar-refractivity contribution in [2.45, 2.75) is 6.54 Å². The number of nitrogens with zero attached hydrogens (tertiary/aromatic N) is 3. The molecule has 0 fully saturated rings. The van der Waals surface area contributed by atoms with E-state index in [1.807, 2.05) is 12.1 Å². The molecule has 3 rings (SSSR count). The smallest absolute Gasteiger partial charge is 0.246 e. The van der Waals surface area contributed by atoms with E-state index in [4.69, 9.17) is 27.7 Å². The summed E-state index contributed by atoms with van der Waals surface area (Å²) in [6.07, 6.45) is 3.21. The Balaban J connectivity index is 1.62. The lowest BCUT2D eigenvalue weighted by Crippen LogP contribution is -2.24. The average Bonchev–Trinajstić information content (AvgIpc) is 3.10. The van der Waals surface area contributed by atoms with Crippen molar-refractivity contribution in [3.63, 3.8) is 0 Å². The number of halogens is 2. The third-order valence-corrected chi connectivity index (χ3v) is 4.11. The summed E-state index contributed by atoms with van der Waals surface area (Å²) in [5.74, 6) is 0.631. The zero-order chi connectivity index (χ0) is 18.5. The molecule has 2 aromatic carbocycles. The lowest BCUT2D eigenvalue weighted by Gasteiger charge is -2.11. The van der Waals surface area contributed by atoms with E-state index in [-0.39, 0.29) is 12.5 Å². The summed E-state index contributed by atoms with van der Waals surface area (Å²) in [5, 5.41) is 5.22. The maximum Gasteiger partial charge on any atom is 0.246 e. The van der Waals surface area contributed by atoms with E-state index in [9.17, 15) is 4.79 Å². The largest absolute Gasteiger partial charge is 0.337 e. The molecule has 0 atom stereocenters. The summed E-state index contributed by atoms with van der Waals surface area (Å²) in [5.41, 5.74) is 1.68. The van der Waals surface area contributed by atoms with E-state index in [0.29, 0.717) is 21.8 Å². The highest BCUT2D eigenvalue weighted by atomic mass is 35.5. The van der Waals surface area contributed by atoms with Gasteiger partial charge in [0.2, 0.25) is 17.6 Å². The predicted octanol–water partition coefficient (Wildman–Crippen LogP) is 4.72. The highest BCUT2D eigenvalue weighted by Gasteiger charge is 2.13. The Morgan fingerprint density at radius 1 is 1.08 bits per heavy atom. The number of carbonyl (C=O) groups excluding carboxylic acids is 1. The first-order valence-electron chi connectivity index (χ1n) is 7.78. The van der Waals surface area contributed by atoms with Gasteiger partial charge in [0, 0.05) is 28.7 Å². The molecule has 0 radical (unpaired) electrons. The van der Waals surface area contributed by atoms with Gasteiger partial charge in [-0.2, -0.15) is 4.98 Å². The number of likely N-dealkylation sites (N-methyl/N-ethyl adjacent to an activating group) is 1. The summed E-state index contributed by atoms with van der Waals surface area (Å²) < 4.78 is 5.22. The van der Waals surface area contributed by atoms with Gasteiger partial charge in [0.1, 0.15) is 0 Å². The Hall–Kier alpha value is -2.63. The maximum atomic E-state index is 12.2. The summed E-state index contributed by atoms with van der Waals surface area (Å²) in [4.78, 5) is 18.0. The third kappa shape index (κ3) is 4.71. The standard InChI is InChI=1S/C19H15Cl2N3O2/c1-24(18(25)11-4-13-2-7-15(20)8-3-13)12-17-22-19(23-26-17)14-5-9-16(21)10-6-14/h2-11H,12H2,1H3/b11-4+. The van der Waals surface area contributed by atoms with E-state index in [2.05, 4.69) is 10.1 Å². The fraction of sp³-hybridized carbons (Fsp3) is 0.105. The van der Waals surface area contributed by atoms with Gasteiger partial charge in [-0.05, 0) is 48.0 Å². The van der Waals surface area contributed by atoms with E-state index >= 15 is 0 Å². The zero-order valence-corrected chi connectivity index (χ0v) is 15.4. The highest BCUT2D eigenvalue weighted by molar-refractivity contribution is 6.30. The predicted molar refractivity (Wildman–Crippen MR) is 102 cm³/mol. The van der Waals surface area contributed by atoms with Crippen LogP contribution in [-0.4, -0.2) is 28.0 Å². The molecule has 0 N–H and O–H groups in total. The van der Waals surface area contributed by atoms with Crippen LogP contribution in [0.25, 0.3) is 17.5 Å². The van der Waals surface area contributed by atoms with Crippen LogP contribution in [-0.2, 0) is 11.3 Å². The molecular formula is C19H15Cl2N3O2. The van der Waals surface area contributed by atoms with Crippen molar-refractivity contribution in [2.75, 3.05) is 7.05 Å². The molecule has 5 nitrogen and oxygen atoms in total. The zero-order valence-electron chi connectivity index (χ0n) is 13.9. The van der Waals surface area contributed by atoms with Gasteiger partial charge in [-0.1, -0.05) is 40.5 Å². The second kappa shape index (κ2) is 8.17. The minimum Gasteiger partial charge on any atom is -0.337 e. The molecule has 0 spiro atoms. The van der Waals surface area contributed by atoms with E-state index < -0.39 is 0 Å². The number of amides is 1. The Morgan fingerprint density at radius 3 is 2.35 bits per heavy atom. The fourth-order valence-corrected chi connectivity index (χ4v) is 2.44. The van der Waals surface area contributed by atoms with Crippen LogP contribution in [0.3, 0.4) is 0 Å². The lowest BCUT2D eigenvalue weighted by atomic mass is 10.2. The first kappa shape index (κ1) is 18.2. The van der Waals surface area contributed by atoms with Crippen LogP contribution < -0.4 is 0 Å². The molecule has 1 amide bonds. The molecule has 132 valence electrons. The molecule has 0 aliphatic carbocycles. The highest BCUT2D eigenvalue weighted by Crippen LogP contribution is 2.19. The van der Waals surface area contributed by atoms with Gasteiger partial charge in [0.05, 0.1) is 6.54 Å². The molecule has 26 heavy (non-hydrogen) atoms. The topological polar surface area (TPSA) is 59.2 Å². The monoisotopic (exact) mass is 387 g/mol. The molecule has 0 saturated heterocycles. The van der Waals surface area contributed by atoms with Crippen LogP contribution >= 0.6 is 23.2 Å². The van der Waals surface area contributed by atoms with Crippen LogP contribution in [0.4, 0.5) is 0 Å². The first-order valence-corrected chi connectivity index (χ1v) is 8.54. The summed E-state index contributed by atoms with van der Waals surface area (Å²) in [6.45, 7) is 0.213. The van der Waals surface area contributed by atoms with Crippen LogP contribution in [0.1, 0.15) is 11.5 Å². The minimum absolute atomic E-state index is 0.175. The third-order valence-electron chi connectivity index (χ3n) is 3.61. The average molecular weight is 388 g/mol. The van der Waals surface area contributed by atoms with E-state index in [1.54, 1.807) is 49.5 Å². The van der Waals surface area contributed by atoms with Gasteiger partial charge in [-0.3, -0.25) is 4.79 Å². The second-order valence-corrected chi connectivity index (χ2v) is 6.47. The lowest BCUT2D eigenvalue weighted by molar-refractivity contribution is -0.125. The molecule has 7 heteroatoms. The maximum absolute atomic E-state index is 12.2. The van der Waals surface area contributed by atoms with Crippen molar-refractivity contribution < 1.29 is 9.32 Å². The fourth-order valence-electron chi connectivity index (χ4n) is 2.18. The Bertz CT molecular complexity index is 919. The van der Waals surface area contributed by atoms with E-state index in [1.165, 1.54) is 11.0 Å². The molecular weight excluding hydrogens is 373 g/mol. The molecule has 0 saturated carbocycles. The van der Waals surface area contributed by atoms with Crippen molar-refractivity contribution in [1.82, 2.24) is 15.0 Å². The number of aromatic nitrogens is 2. The Kier molecular flexibility index (Phi) is 5.71. The second-order valence-electron chi connectivity index (χ2n) is 5.60. The summed E-state index contributed by atoms with van der Waals surface area (Å²) in [6, 6.07) is 14.3. The number of benzene rings is 2. The van der Waals surface area contributed by atoms with Crippen LogP contribution in [0.2, 0.25) is 10.0 Å². The normalized spacial score (nSPS) is 11.0. The van der Waals surface area contributed by atoms with Gasteiger partial charge in [-0.15, -0.1) is 0 Å². The molecule has 0 unspecified atom stereocenters. The van der Waals surface area contributed by atoms with Crippen LogP contribution in [0, 0.1) is 0 Å². The number of carbonyl (C=O) groups is 1. The molecule has 1 heterocycles. The Morgan fingerprint density at radius 2 is 1.69 bits per heavy atom. The van der Waals surface area contributed by atoms with Crippen LogP contribution in [0.5, 0.6) is 0 Å². The number of rotatable bonds is 5. The molecule has 0 bridgehead atoms. The first-order chi connectivity index (χ1) is 12.5. The van der Waals surface area contributed by atoms with Crippen LogP contribution in [0.15, 0.2) is 59.1 Å². The van der Waals surface area contributed by atoms with E-state index in [0.717, 1.165) is 11.1 Å². The number of hydrogen-bond acceptors (Lipinski definition) is 4. The number of hydrogen-bond donors (Lipinski definition) is 0. The van der Waals surface area contributed by atoms with Crippen molar-refractivity contribution in [2.24, 2.45) is 0 Å². The van der Waals surface area contributed by atoms with Crippen molar-refractivity contribution in [1.29, 1.82) is 0 Å². The van der Waals surface area contributed by atoms with Gasteiger partial charge >= 0.3 is 0 Å². The quantitative estimate of drug-likeness (QED) is 0.594. The molecule has 0 aliphatic rings. The molecule has 3 aromatic rings. The van der Waals surface area contributed by atoms with Crippen molar-refractivity contribution in [3.8, 4) is 11.4 Å². The molecule has 0 aliphatic heterocycles. The van der Waals surface area contributed by atoms with Crippen molar-refractivity contribution >= 4 is 35.2 Å². The minimum atomic E-state index is -0.175. The Labute approximate surface area is 160 Å². The van der Waals surface area contributed by atoms with Crippen molar-refractivity contribution in [3.05, 3.63) is 76.1 Å². The summed E-state index contributed by atoms with van der Waals surface area (Å²) >= 11 is 11.7. The SMILES string of the molecule is CN(Cc1nc(-c2ccc(Cl)cc2)no1)C(=O)/C=C/c1ccc(Cl)cc1. The summed E-state index contributed by atoms with van der Waals surface area (Å²) in [7, 11) is 1.67. The van der Waals surface area contributed by atoms with Gasteiger partial charge in [0.25, 0.3) is 0 Å².